The minimum absolute atomic E-state index is 0.0586. The van der Waals surface area contributed by atoms with Crippen LogP contribution in [0.4, 0.5) is 0 Å². The minimum Gasteiger partial charge on any atom is -0.457 e. The van der Waals surface area contributed by atoms with Crippen LogP contribution in [0.15, 0.2) is 181 Å². The highest BCUT2D eigenvalue weighted by molar-refractivity contribution is 6.03. The van der Waals surface area contributed by atoms with E-state index >= 15 is 0 Å². The topological polar surface area (TPSA) is 48.6 Å². The molecule has 0 fully saturated rings. The number of aliphatic imine (C=N–C) groups is 1. The van der Waals surface area contributed by atoms with Gasteiger partial charge in [-0.25, -0.2) is 4.99 Å². The molecule has 2 aliphatic heterocycles. The summed E-state index contributed by atoms with van der Waals surface area (Å²) in [6, 6.07) is 61.8. The lowest BCUT2D eigenvalue weighted by Crippen LogP contribution is -2.33. The Balaban J connectivity index is 1.15. The Kier molecular flexibility index (Phi) is 7.03. The van der Waals surface area contributed by atoms with E-state index in [2.05, 4.69) is 164 Å². The van der Waals surface area contributed by atoms with Gasteiger partial charge >= 0.3 is 0 Å². The average Bonchev–Trinajstić information content (AvgIpc) is 3.51. The lowest BCUT2D eigenvalue weighted by molar-refractivity contribution is 0.435. The molecule has 10 rings (SSSR count). The number of rotatable bonds is 4. The van der Waals surface area contributed by atoms with E-state index in [1.54, 1.807) is 0 Å². The summed E-state index contributed by atoms with van der Waals surface area (Å²) < 4.78 is 6.57. The van der Waals surface area contributed by atoms with Crippen LogP contribution < -0.4 is 4.74 Å². The predicted octanol–water partition coefficient (Wildman–Crippen LogP) is 11.2. The molecule has 3 aliphatic rings. The first-order valence-corrected chi connectivity index (χ1v) is 17.9. The Morgan fingerprint density at radius 2 is 1.13 bits per heavy atom. The van der Waals surface area contributed by atoms with Gasteiger partial charge in [0.1, 0.15) is 17.3 Å². The maximum absolute atomic E-state index is 9.27. The Hall–Kier alpha value is -6.96. The minimum atomic E-state index is -0.550. The smallest absolute Gasteiger partial charge is 0.137 e. The maximum atomic E-state index is 9.27. The Morgan fingerprint density at radius 3 is 1.81 bits per heavy atom. The summed E-state index contributed by atoms with van der Waals surface area (Å²) in [7, 11) is 2.13. The van der Waals surface area contributed by atoms with Crippen molar-refractivity contribution in [2.24, 2.45) is 4.99 Å². The molecule has 4 nitrogen and oxygen atoms in total. The van der Waals surface area contributed by atoms with Crippen LogP contribution in [0.3, 0.4) is 0 Å². The number of hydrogen-bond donors (Lipinski definition) is 0. The van der Waals surface area contributed by atoms with Crippen molar-refractivity contribution in [3.05, 3.63) is 220 Å². The van der Waals surface area contributed by atoms with Crippen LogP contribution in [0, 0.1) is 11.3 Å². The SMILES string of the molecule is CN1C(c2ccccc2)=NC(c2ccc3c(c2)C2(c4ccccc4Oc4ccccc42)c2ccccc2-3)=CC1c1ccc(-c2ccc(C#N)cc2)cc1. The van der Waals surface area contributed by atoms with Gasteiger partial charge in [-0.2, -0.15) is 5.26 Å². The molecule has 0 amide bonds. The van der Waals surface area contributed by atoms with Gasteiger partial charge in [-0.1, -0.05) is 140 Å². The molecule has 0 bridgehead atoms. The van der Waals surface area contributed by atoms with Gasteiger partial charge in [0, 0.05) is 29.3 Å². The molecule has 4 heteroatoms. The molecule has 2 heterocycles. The standard InChI is InChI=1S/C49H33N3O/c1-52-45(35-25-23-34(24-26-35)33-21-19-32(31-50)20-22-33)30-44(51-48(52)36-11-3-2-4-12-36)37-27-28-39-38-13-5-6-14-40(38)49(43(39)29-37)41-15-7-9-17-46(41)53-47-18-10-8-16-42(47)49/h2-30,45H,1H3. The van der Waals surface area contributed by atoms with Gasteiger partial charge in [0.25, 0.3) is 0 Å². The second-order valence-electron chi connectivity index (χ2n) is 13.9. The fourth-order valence-electron chi connectivity index (χ4n) is 8.58. The first-order chi connectivity index (χ1) is 26.1. The van der Waals surface area contributed by atoms with E-state index in [0.717, 1.165) is 56.4 Å². The molecule has 0 saturated heterocycles. The molecule has 53 heavy (non-hydrogen) atoms. The molecule has 1 unspecified atom stereocenters. The molecule has 1 spiro atoms. The van der Waals surface area contributed by atoms with E-state index in [4.69, 9.17) is 9.73 Å². The van der Waals surface area contributed by atoms with Gasteiger partial charge in [0.15, 0.2) is 0 Å². The zero-order valence-electron chi connectivity index (χ0n) is 29.1. The van der Waals surface area contributed by atoms with Crippen molar-refractivity contribution in [2.75, 3.05) is 7.05 Å². The van der Waals surface area contributed by atoms with Gasteiger partial charge in [-0.3, -0.25) is 0 Å². The van der Waals surface area contributed by atoms with Crippen molar-refractivity contribution < 1.29 is 4.74 Å². The number of nitrogens with zero attached hydrogens (tertiary/aromatic N) is 3. The lowest BCUT2D eigenvalue weighted by Gasteiger charge is -2.39. The van der Waals surface area contributed by atoms with E-state index < -0.39 is 5.41 Å². The number of likely N-dealkylation sites (N-methyl/N-ethyl adjacent to an activating group) is 1. The Bertz CT molecular complexity index is 2620. The molecule has 1 aliphatic carbocycles. The summed E-state index contributed by atoms with van der Waals surface area (Å²) >= 11 is 0. The quantitative estimate of drug-likeness (QED) is 0.186. The summed E-state index contributed by atoms with van der Waals surface area (Å²) in [4.78, 5) is 7.68. The molecule has 1 atom stereocenters. The number of nitriles is 1. The highest BCUT2D eigenvalue weighted by atomic mass is 16.5. The van der Waals surface area contributed by atoms with Gasteiger partial charge < -0.3 is 9.64 Å². The maximum Gasteiger partial charge on any atom is 0.137 e. The fourth-order valence-corrected chi connectivity index (χ4v) is 8.58. The van der Waals surface area contributed by atoms with E-state index in [0.29, 0.717) is 5.56 Å². The Morgan fingerprint density at radius 1 is 0.566 bits per heavy atom. The van der Waals surface area contributed by atoms with Crippen molar-refractivity contribution in [3.63, 3.8) is 0 Å². The lowest BCUT2D eigenvalue weighted by atomic mass is 9.66. The molecule has 7 aromatic rings. The molecule has 0 N–H and O–H groups in total. The molecular weight excluding hydrogens is 647 g/mol. The van der Waals surface area contributed by atoms with Gasteiger partial charge in [0.2, 0.25) is 0 Å². The van der Waals surface area contributed by atoms with Crippen molar-refractivity contribution >= 4 is 11.5 Å². The van der Waals surface area contributed by atoms with Gasteiger partial charge in [-0.05, 0) is 75.4 Å². The predicted molar refractivity (Wildman–Crippen MR) is 212 cm³/mol. The Labute approximate surface area is 309 Å². The third-order valence-corrected chi connectivity index (χ3v) is 11.1. The van der Waals surface area contributed by atoms with Crippen molar-refractivity contribution in [2.45, 2.75) is 11.5 Å². The van der Waals surface area contributed by atoms with Crippen LogP contribution in [0.25, 0.3) is 28.0 Å². The number of hydrogen-bond acceptors (Lipinski definition) is 4. The number of benzene rings is 7. The van der Waals surface area contributed by atoms with Crippen LogP contribution in [0.1, 0.15) is 50.5 Å². The highest BCUT2D eigenvalue weighted by Gasteiger charge is 2.51. The van der Waals surface area contributed by atoms with Crippen LogP contribution in [0.2, 0.25) is 0 Å². The third-order valence-electron chi connectivity index (χ3n) is 11.1. The first-order valence-electron chi connectivity index (χ1n) is 17.9. The number of fused-ring (bicyclic) bond motifs is 9. The highest BCUT2D eigenvalue weighted by Crippen LogP contribution is 2.62. The summed E-state index contributed by atoms with van der Waals surface area (Å²) in [5.41, 5.74) is 13.8. The third kappa shape index (κ3) is 4.71. The summed E-state index contributed by atoms with van der Waals surface area (Å²) in [6.45, 7) is 0. The first kappa shape index (κ1) is 30.8. The second-order valence-corrected chi connectivity index (χ2v) is 13.9. The van der Waals surface area contributed by atoms with E-state index in [1.165, 1.54) is 27.8 Å². The van der Waals surface area contributed by atoms with E-state index in [1.807, 2.05) is 30.3 Å². The van der Waals surface area contributed by atoms with Gasteiger partial charge in [-0.15, -0.1) is 0 Å². The van der Waals surface area contributed by atoms with Crippen molar-refractivity contribution in [3.8, 4) is 39.8 Å². The van der Waals surface area contributed by atoms with Crippen LogP contribution in [-0.2, 0) is 5.41 Å². The monoisotopic (exact) mass is 679 g/mol. The largest absolute Gasteiger partial charge is 0.457 e. The van der Waals surface area contributed by atoms with Crippen LogP contribution in [-0.4, -0.2) is 17.8 Å². The molecule has 0 radical (unpaired) electrons. The van der Waals surface area contributed by atoms with E-state index in [-0.39, 0.29) is 6.04 Å². The molecular formula is C49H33N3O. The summed E-state index contributed by atoms with van der Waals surface area (Å²) in [5, 5.41) is 9.27. The average molecular weight is 680 g/mol. The molecule has 0 aromatic heterocycles. The second kappa shape index (κ2) is 12.1. The number of amidine groups is 1. The normalized spacial score (nSPS) is 15.9. The number of ether oxygens (including phenoxy) is 1. The van der Waals surface area contributed by atoms with Crippen LogP contribution in [0.5, 0.6) is 11.5 Å². The zero-order valence-corrected chi connectivity index (χ0v) is 29.1. The summed E-state index contributed by atoms with van der Waals surface area (Å²) in [5.74, 6) is 2.68. The van der Waals surface area contributed by atoms with Crippen molar-refractivity contribution in [1.82, 2.24) is 4.90 Å². The number of para-hydroxylation sites is 2. The molecule has 7 aromatic carbocycles. The summed E-state index contributed by atoms with van der Waals surface area (Å²) in [6.07, 6.45) is 2.30. The fraction of sp³-hybridized carbons (Fsp3) is 0.0612. The van der Waals surface area contributed by atoms with Crippen molar-refractivity contribution in [1.29, 1.82) is 5.26 Å². The zero-order chi connectivity index (χ0) is 35.5. The molecule has 250 valence electrons. The molecule has 0 saturated carbocycles. The van der Waals surface area contributed by atoms with E-state index in [9.17, 15) is 5.26 Å². The van der Waals surface area contributed by atoms with Crippen LogP contribution >= 0.6 is 0 Å². The van der Waals surface area contributed by atoms with Gasteiger partial charge in [0.05, 0.1) is 28.8 Å².